The highest BCUT2D eigenvalue weighted by Crippen LogP contribution is 2.15. The molecule has 0 aliphatic heterocycles. The standard InChI is InChI=1S/C9H8N/c1-7-3-2-4-9-8(7)5-6-10-9/h2-6,10H,1H2/p+1. The van der Waals surface area contributed by atoms with Crippen LogP contribution in [0.5, 0.6) is 0 Å². The Bertz CT molecular complexity index is 351. The van der Waals surface area contributed by atoms with E-state index in [1.54, 1.807) is 0 Å². The Hall–Kier alpha value is -1.24. The Balaban J connectivity index is 0.000000605. The van der Waals surface area contributed by atoms with Crippen LogP contribution in [0.25, 0.3) is 10.9 Å². The van der Waals surface area contributed by atoms with Gasteiger partial charge in [0.2, 0.25) is 0 Å². The van der Waals surface area contributed by atoms with E-state index in [0.717, 1.165) is 11.1 Å². The molecule has 0 saturated carbocycles. The third-order valence-corrected chi connectivity index (χ3v) is 1.69. The summed E-state index contributed by atoms with van der Waals surface area (Å²) >= 11 is 0. The molecule has 0 atom stereocenters. The van der Waals surface area contributed by atoms with Crippen molar-refractivity contribution in [3.8, 4) is 0 Å². The molecule has 1 radical (unpaired) electrons. The number of aromatic amines is 1. The summed E-state index contributed by atoms with van der Waals surface area (Å²) in [4.78, 5) is 3.12. The number of aromatic nitrogens is 1. The van der Waals surface area contributed by atoms with Gasteiger partial charge in [0, 0.05) is 17.1 Å². The third kappa shape index (κ3) is 0.637. The van der Waals surface area contributed by atoms with E-state index >= 15 is 0 Å². The zero-order chi connectivity index (χ0) is 6.97. The molecule has 49 valence electrons. The second kappa shape index (κ2) is 1.87. The van der Waals surface area contributed by atoms with Crippen LogP contribution in [0.3, 0.4) is 0 Å². The first-order valence-corrected chi connectivity index (χ1v) is 3.26. The lowest BCUT2D eigenvalue weighted by molar-refractivity contribution is 1.48. The fourth-order valence-electron chi connectivity index (χ4n) is 1.15. The summed E-state index contributed by atoms with van der Waals surface area (Å²) in [5, 5.41) is 1.21. The molecule has 0 fully saturated rings. The van der Waals surface area contributed by atoms with E-state index in [2.05, 4.69) is 11.9 Å². The number of fused-ring (bicyclic) bond motifs is 1. The molecule has 1 aromatic heterocycles. The average Bonchev–Trinajstić information content (AvgIpc) is 2.36. The van der Waals surface area contributed by atoms with Gasteiger partial charge < -0.3 is 4.98 Å². The minimum atomic E-state index is 0. The smallest absolute Gasteiger partial charge is 0.361 e. The molecule has 0 aliphatic carbocycles. The summed E-state index contributed by atoms with van der Waals surface area (Å²) < 4.78 is 0. The van der Waals surface area contributed by atoms with E-state index in [-0.39, 0.29) is 1.43 Å². The van der Waals surface area contributed by atoms with Gasteiger partial charge in [-0.2, -0.15) is 0 Å². The SMILES string of the molecule is [CH2]c1cccc2[nH]ccc12.[H+]. The normalized spacial score (nSPS) is 10.5. The van der Waals surface area contributed by atoms with Crippen molar-refractivity contribution in [2.24, 2.45) is 0 Å². The van der Waals surface area contributed by atoms with Gasteiger partial charge in [0.15, 0.2) is 0 Å². The predicted molar refractivity (Wildman–Crippen MR) is 43.9 cm³/mol. The summed E-state index contributed by atoms with van der Waals surface area (Å²) in [5.41, 5.74) is 2.24. The van der Waals surface area contributed by atoms with Gasteiger partial charge >= 0.3 is 1.43 Å². The molecule has 2 rings (SSSR count). The van der Waals surface area contributed by atoms with Crippen molar-refractivity contribution in [2.45, 2.75) is 0 Å². The van der Waals surface area contributed by atoms with Gasteiger partial charge in [0.25, 0.3) is 0 Å². The van der Waals surface area contributed by atoms with Gasteiger partial charge in [-0.15, -0.1) is 0 Å². The number of hydrogen-bond acceptors (Lipinski definition) is 0. The zero-order valence-electron chi connectivity index (χ0n) is 6.59. The highest BCUT2D eigenvalue weighted by Gasteiger charge is 1.93. The summed E-state index contributed by atoms with van der Waals surface area (Å²) in [7, 11) is 0. The van der Waals surface area contributed by atoms with Crippen molar-refractivity contribution in [1.29, 1.82) is 0 Å². The first kappa shape index (κ1) is 5.54. The quantitative estimate of drug-likeness (QED) is 0.565. The third-order valence-electron chi connectivity index (χ3n) is 1.69. The number of hydrogen-bond donors (Lipinski definition) is 1. The topological polar surface area (TPSA) is 15.8 Å². The second-order valence-electron chi connectivity index (χ2n) is 2.36. The summed E-state index contributed by atoms with van der Waals surface area (Å²) in [6.07, 6.45) is 1.93. The maximum Gasteiger partial charge on any atom is 1.00 e. The molecule has 0 saturated heterocycles. The number of H-pyrrole nitrogens is 1. The van der Waals surface area contributed by atoms with E-state index < -0.39 is 0 Å². The first-order chi connectivity index (χ1) is 4.88. The fraction of sp³-hybridized carbons (Fsp3) is 0. The van der Waals surface area contributed by atoms with Crippen LogP contribution in [0.4, 0.5) is 0 Å². The lowest BCUT2D eigenvalue weighted by Crippen LogP contribution is -1.71. The van der Waals surface area contributed by atoms with E-state index in [1.165, 1.54) is 5.39 Å². The van der Waals surface area contributed by atoms with E-state index in [9.17, 15) is 0 Å². The molecular formula is C9H9N+. The summed E-state index contributed by atoms with van der Waals surface area (Å²) in [6.45, 7) is 3.90. The molecule has 10 heavy (non-hydrogen) atoms. The van der Waals surface area contributed by atoms with E-state index in [1.807, 2.05) is 30.5 Å². The van der Waals surface area contributed by atoms with Gasteiger partial charge in [0.05, 0.1) is 0 Å². The molecule has 0 unspecified atom stereocenters. The second-order valence-corrected chi connectivity index (χ2v) is 2.36. The molecule has 0 aliphatic rings. The fourth-order valence-corrected chi connectivity index (χ4v) is 1.15. The van der Waals surface area contributed by atoms with Crippen molar-refractivity contribution in [2.75, 3.05) is 0 Å². The first-order valence-electron chi connectivity index (χ1n) is 3.26. The van der Waals surface area contributed by atoms with E-state index in [4.69, 9.17) is 0 Å². The van der Waals surface area contributed by atoms with Crippen LogP contribution in [-0.2, 0) is 0 Å². The number of rotatable bonds is 0. The van der Waals surface area contributed by atoms with Crippen LogP contribution in [0, 0.1) is 6.92 Å². The van der Waals surface area contributed by atoms with Crippen LogP contribution in [0.15, 0.2) is 30.5 Å². The predicted octanol–water partition coefficient (Wildman–Crippen LogP) is 2.46. The van der Waals surface area contributed by atoms with Gasteiger partial charge in [0.1, 0.15) is 0 Å². The molecule has 2 aromatic rings. The lowest BCUT2D eigenvalue weighted by Gasteiger charge is -1.91. The van der Waals surface area contributed by atoms with Crippen molar-refractivity contribution < 1.29 is 1.43 Å². The van der Waals surface area contributed by atoms with Crippen molar-refractivity contribution >= 4 is 10.9 Å². The van der Waals surface area contributed by atoms with Gasteiger partial charge in [-0.25, -0.2) is 0 Å². The van der Waals surface area contributed by atoms with E-state index in [0.29, 0.717) is 0 Å². The Morgan fingerprint density at radius 1 is 1.30 bits per heavy atom. The molecule has 1 N–H and O–H groups in total. The maximum absolute atomic E-state index is 3.90. The van der Waals surface area contributed by atoms with Crippen LogP contribution < -0.4 is 0 Å². The molecule has 0 amide bonds. The lowest BCUT2D eigenvalue weighted by atomic mass is 10.1. The Morgan fingerprint density at radius 2 is 2.20 bits per heavy atom. The van der Waals surface area contributed by atoms with Gasteiger partial charge in [-0.05, 0) is 24.6 Å². The van der Waals surface area contributed by atoms with Crippen LogP contribution in [0.1, 0.15) is 6.99 Å². The molecule has 1 nitrogen and oxygen atoms in total. The number of nitrogens with one attached hydrogen (secondary N) is 1. The van der Waals surface area contributed by atoms with Gasteiger partial charge in [-0.1, -0.05) is 12.1 Å². The summed E-state index contributed by atoms with van der Waals surface area (Å²) in [6, 6.07) is 8.10. The molecule has 0 spiro atoms. The summed E-state index contributed by atoms with van der Waals surface area (Å²) in [5.74, 6) is 0. The highest BCUT2D eigenvalue weighted by atomic mass is 14.7. The maximum atomic E-state index is 3.90. The minimum Gasteiger partial charge on any atom is -0.361 e. The van der Waals surface area contributed by atoms with Crippen LogP contribution >= 0.6 is 0 Å². The molecule has 1 heteroatoms. The highest BCUT2D eigenvalue weighted by molar-refractivity contribution is 5.83. The Labute approximate surface area is 61.2 Å². The average molecular weight is 131 g/mol. The Morgan fingerprint density at radius 3 is 3.00 bits per heavy atom. The molecule has 0 bridgehead atoms. The molecule has 1 heterocycles. The zero-order valence-corrected chi connectivity index (χ0v) is 5.59. The number of benzene rings is 1. The van der Waals surface area contributed by atoms with Crippen molar-refractivity contribution in [1.82, 2.24) is 4.98 Å². The van der Waals surface area contributed by atoms with Gasteiger partial charge in [-0.3, -0.25) is 0 Å². The van der Waals surface area contributed by atoms with Crippen LogP contribution in [-0.4, -0.2) is 4.98 Å². The van der Waals surface area contributed by atoms with Crippen molar-refractivity contribution in [3.05, 3.63) is 42.9 Å². The Kier molecular flexibility index (Phi) is 1.04. The molecule has 1 aromatic carbocycles. The van der Waals surface area contributed by atoms with Crippen LogP contribution in [0.2, 0.25) is 0 Å². The largest absolute Gasteiger partial charge is 1.00 e. The monoisotopic (exact) mass is 131 g/mol. The minimum absolute atomic E-state index is 0. The molecular weight excluding hydrogens is 122 g/mol. The van der Waals surface area contributed by atoms with Crippen molar-refractivity contribution in [3.63, 3.8) is 0 Å².